The molecule has 2 amide bonds. The minimum atomic E-state index is -0.118. The van der Waals surface area contributed by atoms with Crippen molar-refractivity contribution in [1.29, 1.82) is 0 Å². The Morgan fingerprint density at radius 1 is 1.44 bits per heavy atom. The summed E-state index contributed by atoms with van der Waals surface area (Å²) in [5, 5.41) is 6.33. The predicted molar refractivity (Wildman–Crippen MR) is 64.6 cm³/mol. The van der Waals surface area contributed by atoms with Crippen molar-refractivity contribution in [3.05, 3.63) is 22.4 Å². The molecule has 0 saturated carbocycles. The Kier molecular flexibility index (Phi) is 4.98. The molecule has 1 heterocycles. The molecule has 1 N–H and O–H groups in total. The molecule has 1 rings (SSSR count). The number of carbonyl (C=O) groups excluding carboxylic acids is 2. The van der Waals surface area contributed by atoms with E-state index in [0.717, 1.165) is 0 Å². The van der Waals surface area contributed by atoms with E-state index in [1.54, 1.807) is 11.4 Å². The van der Waals surface area contributed by atoms with Crippen LogP contribution < -0.4 is 5.32 Å². The lowest BCUT2D eigenvalue weighted by molar-refractivity contribution is -0.121. The van der Waals surface area contributed by atoms with E-state index < -0.39 is 0 Å². The van der Waals surface area contributed by atoms with Crippen LogP contribution in [-0.4, -0.2) is 36.3 Å². The van der Waals surface area contributed by atoms with Crippen molar-refractivity contribution in [1.82, 2.24) is 10.2 Å². The van der Waals surface area contributed by atoms with E-state index in [1.807, 2.05) is 19.2 Å². The van der Waals surface area contributed by atoms with Crippen LogP contribution >= 0.6 is 11.3 Å². The average Bonchev–Trinajstić information content (AvgIpc) is 2.78. The normalized spacial score (nSPS) is 9.88. The fourth-order valence-corrected chi connectivity index (χ4v) is 1.95. The van der Waals surface area contributed by atoms with Gasteiger partial charge in [0.1, 0.15) is 0 Å². The first-order valence-electron chi connectivity index (χ1n) is 5.27. The summed E-state index contributed by atoms with van der Waals surface area (Å²) in [4.78, 5) is 24.8. The molecule has 0 fully saturated rings. The van der Waals surface area contributed by atoms with Crippen molar-refractivity contribution in [3.8, 4) is 0 Å². The number of carbonyl (C=O) groups is 2. The standard InChI is InChI=1S/C11H16N2O2S/c1-3-12-10(14)7-13(4-2)11(15)9-5-6-16-8-9/h5-6,8H,3-4,7H2,1-2H3,(H,12,14). The van der Waals surface area contributed by atoms with Crippen LogP contribution in [-0.2, 0) is 4.79 Å². The van der Waals surface area contributed by atoms with E-state index in [0.29, 0.717) is 18.7 Å². The van der Waals surface area contributed by atoms with E-state index in [2.05, 4.69) is 5.32 Å². The highest BCUT2D eigenvalue weighted by molar-refractivity contribution is 7.08. The minimum absolute atomic E-state index is 0.0880. The van der Waals surface area contributed by atoms with Crippen molar-refractivity contribution in [2.24, 2.45) is 0 Å². The van der Waals surface area contributed by atoms with Crippen LogP contribution in [0.4, 0.5) is 0 Å². The highest BCUT2D eigenvalue weighted by Gasteiger charge is 2.16. The van der Waals surface area contributed by atoms with Crippen LogP contribution in [0.3, 0.4) is 0 Å². The number of hydrogen-bond donors (Lipinski definition) is 1. The molecule has 0 saturated heterocycles. The fraction of sp³-hybridized carbons (Fsp3) is 0.455. The second-order valence-electron chi connectivity index (χ2n) is 3.28. The van der Waals surface area contributed by atoms with Gasteiger partial charge in [-0.15, -0.1) is 0 Å². The third kappa shape index (κ3) is 3.34. The molecule has 1 aromatic heterocycles. The van der Waals surface area contributed by atoms with Gasteiger partial charge in [0.05, 0.1) is 12.1 Å². The Bertz CT molecular complexity index is 349. The van der Waals surface area contributed by atoms with Crippen LogP contribution in [0.25, 0.3) is 0 Å². The first kappa shape index (κ1) is 12.7. The highest BCUT2D eigenvalue weighted by Crippen LogP contribution is 2.09. The first-order valence-corrected chi connectivity index (χ1v) is 6.21. The summed E-state index contributed by atoms with van der Waals surface area (Å²) < 4.78 is 0. The summed E-state index contributed by atoms with van der Waals surface area (Å²) in [6.07, 6.45) is 0. The Morgan fingerprint density at radius 3 is 2.69 bits per heavy atom. The lowest BCUT2D eigenvalue weighted by Crippen LogP contribution is -2.40. The highest BCUT2D eigenvalue weighted by atomic mass is 32.1. The predicted octanol–water partition coefficient (Wildman–Crippen LogP) is 1.35. The summed E-state index contributed by atoms with van der Waals surface area (Å²) in [6, 6.07) is 1.77. The molecule has 4 nitrogen and oxygen atoms in total. The molecular weight excluding hydrogens is 224 g/mol. The van der Waals surface area contributed by atoms with Crippen molar-refractivity contribution >= 4 is 23.2 Å². The SMILES string of the molecule is CCNC(=O)CN(CC)C(=O)c1ccsc1. The maximum Gasteiger partial charge on any atom is 0.255 e. The maximum absolute atomic E-state index is 11.9. The lowest BCUT2D eigenvalue weighted by Gasteiger charge is -2.19. The molecule has 0 spiro atoms. The van der Waals surface area contributed by atoms with Crippen LogP contribution in [0.2, 0.25) is 0 Å². The Hall–Kier alpha value is -1.36. The number of thiophene rings is 1. The zero-order valence-corrected chi connectivity index (χ0v) is 10.3. The summed E-state index contributed by atoms with van der Waals surface area (Å²) in [5.41, 5.74) is 0.649. The first-order chi connectivity index (χ1) is 7.69. The number of nitrogens with zero attached hydrogens (tertiary/aromatic N) is 1. The second-order valence-corrected chi connectivity index (χ2v) is 4.06. The quantitative estimate of drug-likeness (QED) is 0.844. The molecule has 16 heavy (non-hydrogen) atoms. The van der Waals surface area contributed by atoms with Crippen LogP contribution in [0, 0.1) is 0 Å². The van der Waals surface area contributed by atoms with Crippen LogP contribution in [0.1, 0.15) is 24.2 Å². The molecular formula is C11H16N2O2S. The van der Waals surface area contributed by atoms with Crippen molar-refractivity contribution in [2.45, 2.75) is 13.8 Å². The molecule has 88 valence electrons. The topological polar surface area (TPSA) is 49.4 Å². The van der Waals surface area contributed by atoms with E-state index >= 15 is 0 Å². The van der Waals surface area contributed by atoms with Crippen LogP contribution in [0.5, 0.6) is 0 Å². The Morgan fingerprint density at radius 2 is 2.19 bits per heavy atom. The van der Waals surface area contributed by atoms with Gasteiger partial charge in [-0.25, -0.2) is 0 Å². The number of nitrogens with one attached hydrogen (secondary N) is 1. The summed E-state index contributed by atoms with van der Waals surface area (Å²) in [7, 11) is 0. The van der Waals surface area contributed by atoms with E-state index in [1.165, 1.54) is 16.2 Å². The van der Waals surface area contributed by atoms with Gasteiger partial charge in [0.15, 0.2) is 0 Å². The molecule has 1 aromatic rings. The molecule has 0 atom stereocenters. The van der Waals surface area contributed by atoms with Gasteiger partial charge in [-0.2, -0.15) is 11.3 Å². The van der Waals surface area contributed by atoms with Gasteiger partial charge >= 0.3 is 0 Å². The van der Waals surface area contributed by atoms with Gasteiger partial charge in [0, 0.05) is 18.5 Å². The number of likely N-dealkylation sites (N-methyl/N-ethyl adjacent to an activating group) is 2. The maximum atomic E-state index is 11.9. The minimum Gasteiger partial charge on any atom is -0.355 e. The molecule has 0 radical (unpaired) electrons. The third-order valence-corrected chi connectivity index (χ3v) is 2.83. The lowest BCUT2D eigenvalue weighted by atomic mass is 10.3. The van der Waals surface area contributed by atoms with Gasteiger partial charge < -0.3 is 10.2 Å². The van der Waals surface area contributed by atoms with Crippen molar-refractivity contribution < 1.29 is 9.59 Å². The van der Waals surface area contributed by atoms with E-state index in [-0.39, 0.29) is 18.4 Å². The van der Waals surface area contributed by atoms with Gasteiger partial charge in [-0.3, -0.25) is 9.59 Å². The Labute approximate surface area is 99.3 Å². The molecule has 0 bridgehead atoms. The van der Waals surface area contributed by atoms with E-state index in [4.69, 9.17) is 0 Å². The van der Waals surface area contributed by atoms with Crippen molar-refractivity contribution in [2.75, 3.05) is 19.6 Å². The third-order valence-electron chi connectivity index (χ3n) is 2.15. The number of hydrogen-bond acceptors (Lipinski definition) is 3. The van der Waals surface area contributed by atoms with Crippen LogP contribution in [0.15, 0.2) is 16.8 Å². The second kappa shape index (κ2) is 6.27. The monoisotopic (exact) mass is 240 g/mol. The molecule has 0 aliphatic heterocycles. The fourth-order valence-electron chi connectivity index (χ4n) is 1.32. The largest absolute Gasteiger partial charge is 0.355 e. The number of rotatable bonds is 5. The average molecular weight is 240 g/mol. The number of amides is 2. The van der Waals surface area contributed by atoms with Gasteiger partial charge in [-0.1, -0.05) is 0 Å². The molecule has 0 unspecified atom stereocenters. The summed E-state index contributed by atoms with van der Waals surface area (Å²) >= 11 is 1.48. The molecule has 0 aromatic carbocycles. The summed E-state index contributed by atoms with van der Waals surface area (Å²) in [6.45, 7) is 4.96. The van der Waals surface area contributed by atoms with E-state index in [9.17, 15) is 9.59 Å². The smallest absolute Gasteiger partial charge is 0.255 e. The van der Waals surface area contributed by atoms with Gasteiger partial charge in [0.25, 0.3) is 5.91 Å². The van der Waals surface area contributed by atoms with Gasteiger partial charge in [0.2, 0.25) is 5.91 Å². The van der Waals surface area contributed by atoms with Crippen molar-refractivity contribution in [3.63, 3.8) is 0 Å². The molecule has 0 aliphatic rings. The zero-order valence-electron chi connectivity index (χ0n) is 9.53. The zero-order chi connectivity index (χ0) is 12.0. The molecule has 0 aliphatic carbocycles. The molecule has 5 heteroatoms. The summed E-state index contributed by atoms with van der Waals surface area (Å²) in [5.74, 6) is -0.206. The Balaban J connectivity index is 2.61. The van der Waals surface area contributed by atoms with Gasteiger partial charge in [-0.05, 0) is 25.3 Å².